The van der Waals surface area contributed by atoms with Crippen LogP contribution >= 0.6 is 11.6 Å². The molecule has 0 spiro atoms. The van der Waals surface area contributed by atoms with E-state index >= 15 is 0 Å². The van der Waals surface area contributed by atoms with Gasteiger partial charge in [0.15, 0.2) is 0 Å². The first-order valence-corrected chi connectivity index (χ1v) is 7.81. The molecule has 0 saturated carbocycles. The normalized spacial score (nSPS) is 17.4. The van der Waals surface area contributed by atoms with E-state index in [0.717, 1.165) is 12.0 Å². The predicted octanol–water partition coefficient (Wildman–Crippen LogP) is 1.40. The highest BCUT2D eigenvalue weighted by molar-refractivity contribution is 6.33. The summed E-state index contributed by atoms with van der Waals surface area (Å²) in [7, 11) is 0. The zero-order chi connectivity index (χ0) is 16.4. The number of nitrogens with two attached hydrogens (primary N) is 1. The second-order valence-corrected chi connectivity index (χ2v) is 5.92. The molecule has 2 heterocycles. The number of amides is 1. The van der Waals surface area contributed by atoms with Gasteiger partial charge in [0, 0.05) is 6.54 Å². The molecule has 1 aromatic heterocycles. The van der Waals surface area contributed by atoms with Crippen LogP contribution in [-0.4, -0.2) is 28.3 Å². The fraction of sp³-hybridized carbons (Fsp3) is 0.312. The summed E-state index contributed by atoms with van der Waals surface area (Å²) in [5.41, 5.74) is 6.48. The third kappa shape index (κ3) is 3.07. The molecular formula is C16H17ClN4O2. The van der Waals surface area contributed by atoms with Crippen LogP contribution in [0.4, 0.5) is 5.69 Å². The maximum Gasteiger partial charge on any atom is 0.287 e. The van der Waals surface area contributed by atoms with E-state index in [4.69, 9.17) is 17.3 Å². The van der Waals surface area contributed by atoms with Crippen molar-refractivity contribution in [1.82, 2.24) is 9.78 Å². The molecule has 120 valence electrons. The fourth-order valence-electron chi connectivity index (χ4n) is 2.88. The topological polar surface area (TPSA) is 81.2 Å². The standard InChI is InChI=1S/C16H17ClN4O2/c17-14-13(20-8-4-7-12(20)15(18)22)9-19-21(16(14)23)10-11-5-2-1-3-6-11/h1-3,5-6,9,12H,4,7-8,10H2,(H2,18,22)/t12-/m1/s1. The van der Waals surface area contributed by atoms with Crippen molar-refractivity contribution < 1.29 is 4.79 Å². The van der Waals surface area contributed by atoms with Crippen LogP contribution in [-0.2, 0) is 11.3 Å². The van der Waals surface area contributed by atoms with Crippen molar-refractivity contribution in [3.63, 3.8) is 0 Å². The summed E-state index contributed by atoms with van der Waals surface area (Å²) in [6.45, 7) is 0.982. The van der Waals surface area contributed by atoms with Gasteiger partial charge in [-0.3, -0.25) is 9.59 Å². The summed E-state index contributed by atoms with van der Waals surface area (Å²) in [4.78, 5) is 25.7. The lowest BCUT2D eigenvalue weighted by Gasteiger charge is -2.24. The number of halogens is 1. The van der Waals surface area contributed by atoms with Crippen LogP contribution in [0.5, 0.6) is 0 Å². The smallest absolute Gasteiger partial charge is 0.287 e. The molecule has 1 aliphatic rings. The summed E-state index contributed by atoms with van der Waals surface area (Å²) >= 11 is 6.25. The summed E-state index contributed by atoms with van der Waals surface area (Å²) in [6, 6.07) is 9.11. The highest BCUT2D eigenvalue weighted by atomic mass is 35.5. The van der Waals surface area contributed by atoms with Gasteiger partial charge in [-0.25, -0.2) is 4.68 Å². The van der Waals surface area contributed by atoms with Crippen LogP contribution in [0, 0.1) is 0 Å². The molecule has 0 radical (unpaired) electrons. The van der Waals surface area contributed by atoms with Gasteiger partial charge in [0.05, 0.1) is 18.4 Å². The Kier molecular flexibility index (Phi) is 4.34. The van der Waals surface area contributed by atoms with Gasteiger partial charge in [-0.2, -0.15) is 5.10 Å². The van der Waals surface area contributed by atoms with Crippen LogP contribution in [0.2, 0.25) is 5.02 Å². The molecule has 23 heavy (non-hydrogen) atoms. The Morgan fingerprint density at radius 1 is 1.35 bits per heavy atom. The van der Waals surface area contributed by atoms with Crippen LogP contribution < -0.4 is 16.2 Å². The highest BCUT2D eigenvalue weighted by Gasteiger charge is 2.31. The minimum atomic E-state index is -0.432. The van der Waals surface area contributed by atoms with E-state index in [1.165, 1.54) is 10.9 Å². The Morgan fingerprint density at radius 3 is 2.78 bits per heavy atom. The molecule has 0 aliphatic carbocycles. The number of anilines is 1. The Balaban J connectivity index is 1.92. The highest BCUT2D eigenvalue weighted by Crippen LogP contribution is 2.29. The molecule has 1 saturated heterocycles. The van der Waals surface area contributed by atoms with Crippen molar-refractivity contribution in [2.45, 2.75) is 25.4 Å². The van der Waals surface area contributed by atoms with E-state index in [-0.39, 0.29) is 10.6 Å². The van der Waals surface area contributed by atoms with E-state index < -0.39 is 11.9 Å². The molecule has 1 aliphatic heterocycles. The van der Waals surface area contributed by atoms with Gasteiger partial charge in [-0.15, -0.1) is 0 Å². The first kappa shape index (κ1) is 15.6. The number of nitrogens with zero attached hydrogens (tertiary/aromatic N) is 3. The molecular weight excluding hydrogens is 316 g/mol. The molecule has 0 unspecified atom stereocenters. The zero-order valence-corrected chi connectivity index (χ0v) is 13.2. The summed E-state index contributed by atoms with van der Waals surface area (Å²) in [5.74, 6) is -0.410. The maximum atomic E-state index is 12.5. The molecule has 2 aromatic rings. The molecule has 1 atom stereocenters. The Labute approximate surface area is 138 Å². The van der Waals surface area contributed by atoms with Gasteiger partial charge < -0.3 is 10.6 Å². The number of aromatic nitrogens is 2. The van der Waals surface area contributed by atoms with E-state index in [0.29, 0.717) is 25.2 Å². The zero-order valence-electron chi connectivity index (χ0n) is 12.5. The van der Waals surface area contributed by atoms with Gasteiger partial charge in [0.2, 0.25) is 5.91 Å². The first-order valence-electron chi connectivity index (χ1n) is 7.43. The third-order valence-corrected chi connectivity index (χ3v) is 4.39. The molecule has 2 N–H and O–H groups in total. The first-order chi connectivity index (χ1) is 11.1. The average Bonchev–Trinajstić information content (AvgIpc) is 3.03. The van der Waals surface area contributed by atoms with Crippen molar-refractivity contribution in [3.05, 3.63) is 57.5 Å². The molecule has 3 rings (SSSR count). The van der Waals surface area contributed by atoms with E-state index in [9.17, 15) is 9.59 Å². The maximum absolute atomic E-state index is 12.5. The number of benzene rings is 1. The van der Waals surface area contributed by atoms with Crippen LogP contribution in [0.3, 0.4) is 0 Å². The van der Waals surface area contributed by atoms with Crippen molar-refractivity contribution in [2.75, 3.05) is 11.4 Å². The Hall–Kier alpha value is -2.34. The van der Waals surface area contributed by atoms with E-state index in [2.05, 4.69) is 5.10 Å². The lowest BCUT2D eigenvalue weighted by molar-refractivity contribution is -0.119. The predicted molar refractivity (Wildman–Crippen MR) is 88.6 cm³/mol. The van der Waals surface area contributed by atoms with Crippen molar-refractivity contribution in [3.8, 4) is 0 Å². The molecule has 1 amide bonds. The van der Waals surface area contributed by atoms with E-state index in [1.54, 1.807) is 4.90 Å². The number of carbonyl (C=O) groups excluding carboxylic acids is 1. The number of hydrogen-bond donors (Lipinski definition) is 1. The molecule has 1 aromatic carbocycles. The van der Waals surface area contributed by atoms with Gasteiger partial charge in [0.1, 0.15) is 11.1 Å². The lowest BCUT2D eigenvalue weighted by Crippen LogP contribution is -2.41. The molecule has 0 bridgehead atoms. The summed E-state index contributed by atoms with van der Waals surface area (Å²) in [5, 5.41) is 4.27. The molecule has 1 fully saturated rings. The quantitative estimate of drug-likeness (QED) is 0.917. The van der Waals surface area contributed by atoms with Gasteiger partial charge in [0.25, 0.3) is 5.56 Å². The van der Waals surface area contributed by atoms with Gasteiger partial charge in [-0.1, -0.05) is 41.9 Å². The lowest BCUT2D eigenvalue weighted by atomic mass is 10.2. The molecule has 6 nitrogen and oxygen atoms in total. The van der Waals surface area contributed by atoms with Crippen molar-refractivity contribution in [1.29, 1.82) is 0 Å². The molecule has 7 heteroatoms. The Morgan fingerprint density at radius 2 is 2.09 bits per heavy atom. The second kappa shape index (κ2) is 6.42. The van der Waals surface area contributed by atoms with Crippen molar-refractivity contribution >= 4 is 23.2 Å². The van der Waals surface area contributed by atoms with Crippen LogP contribution in [0.15, 0.2) is 41.3 Å². The number of carbonyl (C=O) groups is 1. The van der Waals surface area contributed by atoms with Crippen LogP contribution in [0.25, 0.3) is 0 Å². The number of hydrogen-bond acceptors (Lipinski definition) is 4. The second-order valence-electron chi connectivity index (χ2n) is 5.55. The largest absolute Gasteiger partial charge is 0.368 e. The minimum absolute atomic E-state index is 0.0732. The average molecular weight is 333 g/mol. The minimum Gasteiger partial charge on any atom is -0.368 e. The van der Waals surface area contributed by atoms with Gasteiger partial charge >= 0.3 is 0 Å². The number of primary amides is 1. The Bertz CT molecular complexity index is 775. The fourth-order valence-corrected chi connectivity index (χ4v) is 3.13. The van der Waals surface area contributed by atoms with E-state index in [1.807, 2.05) is 30.3 Å². The third-order valence-electron chi connectivity index (χ3n) is 4.03. The van der Waals surface area contributed by atoms with Gasteiger partial charge in [-0.05, 0) is 18.4 Å². The summed E-state index contributed by atoms with van der Waals surface area (Å²) < 4.78 is 1.32. The summed E-state index contributed by atoms with van der Waals surface area (Å²) in [6.07, 6.45) is 3.03. The monoisotopic (exact) mass is 332 g/mol. The van der Waals surface area contributed by atoms with Crippen LogP contribution in [0.1, 0.15) is 18.4 Å². The number of rotatable bonds is 4. The SMILES string of the molecule is NC(=O)[C@H]1CCCN1c1cnn(Cc2ccccc2)c(=O)c1Cl. The van der Waals surface area contributed by atoms with Crippen molar-refractivity contribution in [2.24, 2.45) is 5.73 Å².